The molecule has 7 nitrogen and oxygen atoms in total. The first-order valence-corrected chi connectivity index (χ1v) is 9.57. The van der Waals surface area contributed by atoms with Crippen LogP contribution in [0.2, 0.25) is 0 Å². The van der Waals surface area contributed by atoms with Crippen molar-refractivity contribution in [2.45, 2.75) is 19.3 Å². The third kappa shape index (κ3) is 4.97. The number of ether oxygens (including phenoxy) is 1. The lowest BCUT2D eigenvalue weighted by Crippen LogP contribution is -2.24. The van der Waals surface area contributed by atoms with Crippen LogP contribution < -0.4 is 15.8 Å². The normalized spacial score (nSPS) is 11.5. The Morgan fingerprint density at radius 1 is 1.06 bits per heavy atom. The van der Waals surface area contributed by atoms with Crippen molar-refractivity contribution < 1.29 is 22.7 Å². The number of aromatic nitrogens is 3. The minimum Gasteiger partial charge on any atom is -0.406 e. The lowest BCUT2D eigenvalue weighted by molar-refractivity contribution is -0.274. The fraction of sp³-hybridized carbons (Fsp3) is 0.136. The molecule has 0 radical (unpaired) electrons. The van der Waals surface area contributed by atoms with E-state index in [1.165, 1.54) is 24.5 Å². The molecule has 0 aliphatic heterocycles. The molecule has 2 aromatic carbocycles. The van der Waals surface area contributed by atoms with E-state index in [4.69, 9.17) is 5.73 Å². The van der Waals surface area contributed by atoms with Crippen molar-refractivity contribution in [1.29, 1.82) is 0 Å². The van der Waals surface area contributed by atoms with Crippen LogP contribution in [-0.2, 0) is 17.8 Å². The number of nitrogens with one attached hydrogen (secondary N) is 1. The molecule has 3 N–H and O–H groups in total. The van der Waals surface area contributed by atoms with E-state index < -0.39 is 6.36 Å². The number of anilines is 1. The van der Waals surface area contributed by atoms with Gasteiger partial charge in [0.2, 0.25) is 5.91 Å². The summed E-state index contributed by atoms with van der Waals surface area (Å²) in [6.07, 6.45) is -1.59. The van der Waals surface area contributed by atoms with E-state index in [1.807, 2.05) is 41.1 Å². The first-order valence-electron chi connectivity index (χ1n) is 9.57. The average molecular weight is 441 g/mol. The molecule has 0 saturated heterocycles. The number of fused-ring (bicyclic) bond motifs is 1. The van der Waals surface area contributed by atoms with E-state index in [-0.39, 0.29) is 24.6 Å². The standard InChI is InChI=1S/C22H18F3N5O2/c23-22(24,25)32-17-3-1-2-15(10-17)11-19(31)27-12-14-4-6-16(7-5-14)30-9-8-18-20(26)28-13-29-21(18)30/h1-10,13H,11-12H2,(H,27,31)(H2,26,28,29). The number of rotatable bonds is 6. The van der Waals surface area contributed by atoms with Crippen molar-refractivity contribution in [2.75, 3.05) is 5.73 Å². The highest BCUT2D eigenvalue weighted by molar-refractivity contribution is 5.87. The SMILES string of the molecule is Nc1ncnc2c1ccn2-c1ccc(CNC(=O)Cc2cccc(OC(F)(F)F)c2)cc1. The molecular formula is C22H18F3N5O2. The number of benzene rings is 2. The van der Waals surface area contributed by atoms with Crippen molar-refractivity contribution in [2.24, 2.45) is 0 Å². The zero-order valence-corrected chi connectivity index (χ0v) is 16.6. The predicted octanol–water partition coefficient (Wildman–Crippen LogP) is 3.76. The Hall–Kier alpha value is -4.08. The number of amides is 1. The maximum atomic E-state index is 12.3. The molecule has 4 aromatic rings. The van der Waals surface area contributed by atoms with E-state index in [2.05, 4.69) is 20.0 Å². The Morgan fingerprint density at radius 2 is 1.84 bits per heavy atom. The van der Waals surface area contributed by atoms with Crippen LogP contribution in [0.15, 0.2) is 67.1 Å². The number of halogens is 3. The molecule has 0 fully saturated rings. The molecule has 1 amide bonds. The van der Waals surface area contributed by atoms with Crippen LogP contribution in [0.4, 0.5) is 19.0 Å². The van der Waals surface area contributed by atoms with Gasteiger partial charge in [-0.05, 0) is 41.5 Å². The number of hydrogen-bond acceptors (Lipinski definition) is 5. The second kappa shape index (κ2) is 8.58. The second-order valence-electron chi connectivity index (χ2n) is 7.00. The van der Waals surface area contributed by atoms with Crippen LogP contribution in [0.5, 0.6) is 5.75 Å². The van der Waals surface area contributed by atoms with Gasteiger partial charge in [-0.2, -0.15) is 0 Å². The minimum absolute atomic E-state index is 0.0658. The van der Waals surface area contributed by atoms with E-state index >= 15 is 0 Å². The van der Waals surface area contributed by atoms with Gasteiger partial charge in [0, 0.05) is 18.4 Å². The largest absolute Gasteiger partial charge is 0.573 e. The summed E-state index contributed by atoms with van der Waals surface area (Å²) in [4.78, 5) is 20.5. The first kappa shape index (κ1) is 21.2. The fourth-order valence-corrected chi connectivity index (χ4v) is 3.25. The highest BCUT2D eigenvalue weighted by Gasteiger charge is 2.31. The average Bonchev–Trinajstić information content (AvgIpc) is 3.17. The molecule has 0 spiro atoms. The highest BCUT2D eigenvalue weighted by atomic mass is 19.4. The minimum atomic E-state index is -4.78. The topological polar surface area (TPSA) is 95.1 Å². The maximum Gasteiger partial charge on any atom is 0.573 e. The molecule has 0 saturated carbocycles. The molecule has 0 unspecified atom stereocenters. The van der Waals surface area contributed by atoms with Crippen LogP contribution in [-0.4, -0.2) is 26.8 Å². The molecule has 0 aliphatic rings. The number of nitrogen functional groups attached to an aromatic ring is 1. The number of carbonyl (C=O) groups is 1. The van der Waals surface area contributed by atoms with Gasteiger partial charge in [0.25, 0.3) is 0 Å². The zero-order chi connectivity index (χ0) is 22.7. The number of hydrogen-bond donors (Lipinski definition) is 2. The lowest BCUT2D eigenvalue weighted by atomic mass is 10.1. The molecular weight excluding hydrogens is 423 g/mol. The summed E-state index contributed by atoms with van der Waals surface area (Å²) in [7, 11) is 0. The zero-order valence-electron chi connectivity index (χ0n) is 16.6. The van der Waals surface area contributed by atoms with Crippen molar-refractivity contribution in [3.05, 3.63) is 78.2 Å². The van der Waals surface area contributed by atoms with E-state index in [9.17, 15) is 18.0 Å². The molecule has 32 heavy (non-hydrogen) atoms. The Bertz CT molecular complexity index is 1250. The van der Waals surface area contributed by atoms with Gasteiger partial charge in [-0.1, -0.05) is 24.3 Å². The van der Waals surface area contributed by atoms with Crippen LogP contribution in [0.3, 0.4) is 0 Å². The first-order chi connectivity index (χ1) is 15.3. The Balaban J connectivity index is 1.37. The van der Waals surface area contributed by atoms with E-state index in [1.54, 1.807) is 6.07 Å². The number of nitrogens with zero attached hydrogens (tertiary/aromatic N) is 3. The fourth-order valence-electron chi connectivity index (χ4n) is 3.25. The molecule has 2 aromatic heterocycles. The van der Waals surface area contributed by atoms with Crippen LogP contribution in [0.1, 0.15) is 11.1 Å². The number of nitrogens with two attached hydrogens (primary N) is 1. The second-order valence-corrected chi connectivity index (χ2v) is 7.00. The third-order valence-corrected chi connectivity index (χ3v) is 4.71. The summed E-state index contributed by atoms with van der Waals surface area (Å²) in [5.74, 6) is -0.270. The van der Waals surface area contributed by atoms with Crippen molar-refractivity contribution >= 4 is 22.8 Å². The van der Waals surface area contributed by atoms with Gasteiger partial charge in [0.15, 0.2) is 0 Å². The summed E-state index contributed by atoms with van der Waals surface area (Å²) in [5, 5.41) is 3.52. The molecule has 0 aliphatic carbocycles. The Morgan fingerprint density at radius 3 is 2.59 bits per heavy atom. The lowest BCUT2D eigenvalue weighted by Gasteiger charge is -2.10. The van der Waals surface area contributed by atoms with Crippen LogP contribution in [0.25, 0.3) is 16.7 Å². The summed E-state index contributed by atoms with van der Waals surface area (Å²) in [5.41, 5.74) is 8.71. The summed E-state index contributed by atoms with van der Waals surface area (Å²) >= 11 is 0. The molecule has 4 rings (SSSR count). The number of alkyl halides is 3. The van der Waals surface area contributed by atoms with Crippen molar-refractivity contribution in [3.63, 3.8) is 0 Å². The van der Waals surface area contributed by atoms with Gasteiger partial charge < -0.3 is 20.4 Å². The summed E-state index contributed by atoms with van der Waals surface area (Å²) in [6, 6.07) is 14.7. The highest BCUT2D eigenvalue weighted by Crippen LogP contribution is 2.24. The van der Waals surface area contributed by atoms with Gasteiger partial charge in [-0.3, -0.25) is 4.79 Å². The van der Waals surface area contributed by atoms with Gasteiger partial charge >= 0.3 is 6.36 Å². The van der Waals surface area contributed by atoms with Crippen molar-refractivity contribution in [3.8, 4) is 11.4 Å². The quantitative estimate of drug-likeness (QED) is 0.475. The third-order valence-electron chi connectivity index (χ3n) is 4.71. The monoisotopic (exact) mass is 441 g/mol. The molecule has 2 heterocycles. The maximum absolute atomic E-state index is 12.3. The van der Waals surface area contributed by atoms with Gasteiger partial charge in [-0.15, -0.1) is 13.2 Å². The van der Waals surface area contributed by atoms with Gasteiger partial charge in [-0.25, -0.2) is 9.97 Å². The molecule has 0 bridgehead atoms. The number of carbonyl (C=O) groups excluding carboxylic acids is 1. The molecule has 10 heteroatoms. The summed E-state index contributed by atoms with van der Waals surface area (Å²) < 4.78 is 42.8. The molecule has 164 valence electrons. The van der Waals surface area contributed by atoms with E-state index in [0.29, 0.717) is 17.0 Å². The van der Waals surface area contributed by atoms with Gasteiger partial charge in [0.05, 0.1) is 11.8 Å². The molecule has 0 atom stereocenters. The van der Waals surface area contributed by atoms with Crippen LogP contribution in [0, 0.1) is 0 Å². The van der Waals surface area contributed by atoms with Gasteiger partial charge in [0.1, 0.15) is 23.5 Å². The predicted molar refractivity (Wildman–Crippen MR) is 112 cm³/mol. The Labute approximate surface area is 180 Å². The van der Waals surface area contributed by atoms with Crippen molar-refractivity contribution in [1.82, 2.24) is 19.9 Å². The smallest absolute Gasteiger partial charge is 0.406 e. The van der Waals surface area contributed by atoms with E-state index in [0.717, 1.165) is 16.6 Å². The summed E-state index contributed by atoms with van der Waals surface area (Å²) in [6.45, 7) is 0.277. The Kier molecular flexibility index (Phi) is 5.67. The van der Waals surface area contributed by atoms with Crippen LogP contribution >= 0.6 is 0 Å².